The summed E-state index contributed by atoms with van der Waals surface area (Å²) in [5.74, 6) is -0.916. The van der Waals surface area contributed by atoms with Gasteiger partial charge in [0, 0.05) is 45.2 Å². The molecule has 2 aromatic heterocycles. The summed E-state index contributed by atoms with van der Waals surface area (Å²) in [6.07, 6.45) is 1.90. The van der Waals surface area contributed by atoms with Crippen molar-refractivity contribution in [2.45, 2.75) is 12.8 Å². The van der Waals surface area contributed by atoms with E-state index in [1.165, 1.54) is 7.11 Å². The molecule has 4 rings (SSSR count). The predicted molar refractivity (Wildman–Crippen MR) is 122 cm³/mol. The van der Waals surface area contributed by atoms with Crippen LogP contribution >= 0.6 is 11.3 Å². The number of para-hydroxylation sites is 1. The topological polar surface area (TPSA) is 105 Å². The number of hydrogen-bond donors (Lipinski definition) is 1. The molecular weight excluding hydrogens is 430 g/mol. The lowest BCUT2D eigenvalue weighted by Crippen LogP contribution is -2.48. The first-order valence-electron chi connectivity index (χ1n) is 10.3. The lowest BCUT2D eigenvalue weighted by Gasteiger charge is -2.34. The van der Waals surface area contributed by atoms with Crippen molar-refractivity contribution in [2.75, 3.05) is 43.5 Å². The zero-order valence-corrected chi connectivity index (χ0v) is 18.4. The number of nitrogens with zero attached hydrogens (tertiary/aromatic N) is 4. The van der Waals surface area contributed by atoms with Crippen LogP contribution < -0.4 is 10.2 Å². The van der Waals surface area contributed by atoms with Crippen LogP contribution in [-0.2, 0) is 14.3 Å². The molecule has 0 radical (unpaired) electrons. The fourth-order valence-electron chi connectivity index (χ4n) is 3.51. The second kappa shape index (κ2) is 9.73. The van der Waals surface area contributed by atoms with E-state index in [4.69, 9.17) is 4.74 Å². The quantitative estimate of drug-likeness (QED) is 0.572. The molecule has 1 fully saturated rings. The van der Waals surface area contributed by atoms with Gasteiger partial charge in [-0.1, -0.05) is 23.5 Å². The van der Waals surface area contributed by atoms with E-state index in [-0.39, 0.29) is 30.2 Å². The van der Waals surface area contributed by atoms with E-state index < -0.39 is 5.97 Å². The number of nitrogens with one attached hydrogen (secondary N) is 1. The van der Waals surface area contributed by atoms with Crippen molar-refractivity contribution in [1.29, 1.82) is 0 Å². The van der Waals surface area contributed by atoms with E-state index in [1.807, 2.05) is 12.1 Å². The Morgan fingerprint density at radius 3 is 2.59 bits per heavy atom. The zero-order valence-electron chi connectivity index (χ0n) is 17.6. The average molecular weight is 454 g/mol. The van der Waals surface area contributed by atoms with Gasteiger partial charge in [-0.05, 0) is 24.3 Å². The third kappa shape index (κ3) is 4.86. The number of anilines is 2. The molecule has 3 aromatic rings. The molecule has 10 heteroatoms. The van der Waals surface area contributed by atoms with E-state index in [2.05, 4.69) is 20.2 Å². The molecule has 32 heavy (non-hydrogen) atoms. The minimum Gasteiger partial charge on any atom is -0.465 e. The molecule has 2 amide bonds. The zero-order chi connectivity index (χ0) is 22.5. The summed E-state index contributed by atoms with van der Waals surface area (Å²) in [4.78, 5) is 50.5. The summed E-state index contributed by atoms with van der Waals surface area (Å²) in [7, 11) is 1.28. The van der Waals surface area contributed by atoms with Gasteiger partial charge in [-0.25, -0.2) is 14.8 Å². The van der Waals surface area contributed by atoms with Crippen LogP contribution in [0.2, 0.25) is 0 Å². The molecule has 1 saturated heterocycles. The summed E-state index contributed by atoms with van der Waals surface area (Å²) in [5.41, 5.74) is 1.53. The monoisotopic (exact) mass is 453 g/mol. The third-order valence-corrected chi connectivity index (χ3v) is 6.27. The molecule has 166 valence electrons. The van der Waals surface area contributed by atoms with E-state index in [1.54, 1.807) is 46.7 Å². The minimum absolute atomic E-state index is 0.0398. The SMILES string of the molecule is COC(=O)c1ccccc1NC(=O)CCC(=O)N1CCN(c2nc3cccnc3s2)CC1. The third-order valence-electron chi connectivity index (χ3n) is 5.23. The number of carbonyl (C=O) groups is 3. The Labute approximate surface area is 189 Å². The predicted octanol–water partition coefficient (Wildman–Crippen LogP) is 2.55. The van der Waals surface area contributed by atoms with Crippen LogP contribution in [0.3, 0.4) is 0 Å². The number of aromatic nitrogens is 2. The van der Waals surface area contributed by atoms with Gasteiger partial charge in [0.05, 0.1) is 18.4 Å². The largest absolute Gasteiger partial charge is 0.465 e. The Balaban J connectivity index is 1.26. The molecule has 0 spiro atoms. The highest BCUT2D eigenvalue weighted by molar-refractivity contribution is 7.21. The van der Waals surface area contributed by atoms with Crippen LogP contribution in [0.15, 0.2) is 42.6 Å². The second-order valence-electron chi connectivity index (χ2n) is 7.28. The maximum Gasteiger partial charge on any atom is 0.339 e. The van der Waals surface area contributed by atoms with Crippen LogP contribution in [0, 0.1) is 0 Å². The average Bonchev–Trinajstić information content (AvgIpc) is 3.27. The van der Waals surface area contributed by atoms with Gasteiger partial charge in [0.2, 0.25) is 11.8 Å². The molecular formula is C22H23N5O4S. The number of thiazole rings is 1. The van der Waals surface area contributed by atoms with Gasteiger partial charge in [0.1, 0.15) is 10.3 Å². The standard InChI is InChI=1S/C22H23N5O4S/c1-31-21(30)15-5-2-3-6-16(15)24-18(28)8-9-19(29)26-11-13-27(14-12-26)22-25-17-7-4-10-23-20(17)32-22/h2-7,10H,8-9,11-14H2,1H3,(H,24,28). The summed E-state index contributed by atoms with van der Waals surface area (Å²) >= 11 is 1.55. The highest BCUT2D eigenvalue weighted by atomic mass is 32.1. The second-order valence-corrected chi connectivity index (χ2v) is 8.23. The van der Waals surface area contributed by atoms with Gasteiger partial charge in [-0.15, -0.1) is 0 Å². The molecule has 1 N–H and O–H groups in total. The Hall–Kier alpha value is -3.53. The molecule has 9 nitrogen and oxygen atoms in total. The number of piperazine rings is 1. The number of rotatable bonds is 6. The Kier molecular flexibility index (Phi) is 6.60. The van der Waals surface area contributed by atoms with E-state index in [0.717, 1.165) is 15.5 Å². The molecule has 0 bridgehead atoms. The molecule has 3 heterocycles. The van der Waals surface area contributed by atoms with Crippen molar-refractivity contribution in [1.82, 2.24) is 14.9 Å². The first kappa shape index (κ1) is 21.7. The molecule has 1 aromatic carbocycles. The first-order valence-corrected chi connectivity index (χ1v) is 11.1. The minimum atomic E-state index is -0.529. The number of methoxy groups -OCH3 is 1. The maximum atomic E-state index is 12.6. The summed E-state index contributed by atoms with van der Waals surface area (Å²) < 4.78 is 4.73. The summed E-state index contributed by atoms with van der Waals surface area (Å²) in [6, 6.07) is 10.4. The maximum absolute atomic E-state index is 12.6. The number of carbonyl (C=O) groups excluding carboxylic acids is 3. The van der Waals surface area contributed by atoms with Crippen molar-refractivity contribution in [3.8, 4) is 0 Å². The lowest BCUT2D eigenvalue weighted by atomic mass is 10.1. The molecule has 1 aliphatic heterocycles. The fraction of sp³-hybridized carbons (Fsp3) is 0.318. The van der Waals surface area contributed by atoms with Gasteiger partial charge < -0.3 is 19.9 Å². The first-order chi connectivity index (χ1) is 15.5. The van der Waals surface area contributed by atoms with E-state index in [0.29, 0.717) is 31.9 Å². The number of esters is 1. The number of benzene rings is 1. The van der Waals surface area contributed by atoms with Crippen LogP contribution in [0.5, 0.6) is 0 Å². The smallest absolute Gasteiger partial charge is 0.339 e. The Bertz CT molecular complexity index is 1110. The Morgan fingerprint density at radius 1 is 1.06 bits per heavy atom. The molecule has 0 aliphatic carbocycles. The number of pyridine rings is 1. The van der Waals surface area contributed by atoms with Crippen LogP contribution in [0.4, 0.5) is 10.8 Å². The highest BCUT2D eigenvalue weighted by Crippen LogP contribution is 2.27. The number of hydrogen-bond acceptors (Lipinski definition) is 8. The van der Waals surface area contributed by atoms with Crippen molar-refractivity contribution in [3.63, 3.8) is 0 Å². The van der Waals surface area contributed by atoms with E-state index in [9.17, 15) is 14.4 Å². The van der Waals surface area contributed by atoms with Crippen LogP contribution in [0.1, 0.15) is 23.2 Å². The molecule has 0 unspecified atom stereocenters. The van der Waals surface area contributed by atoms with Gasteiger partial charge in [-0.3, -0.25) is 9.59 Å². The fourth-order valence-corrected chi connectivity index (χ4v) is 4.47. The van der Waals surface area contributed by atoms with Gasteiger partial charge in [0.25, 0.3) is 0 Å². The van der Waals surface area contributed by atoms with Crippen LogP contribution in [0.25, 0.3) is 10.3 Å². The number of amides is 2. The summed E-state index contributed by atoms with van der Waals surface area (Å²) in [5, 5.41) is 3.61. The van der Waals surface area contributed by atoms with Crippen molar-refractivity contribution >= 4 is 50.3 Å². The highest BCUT2D eigenvalue weighted by Gasteiger charge is 2.24. The van der Waals surface area contributed by atoms with Gasteiger partial charge >= 0.3 is 5.97 Å². The van der Waals surface area contributed by atoms with Crippen molar-refractivity contribution in [3.05, 3.63) is 48.2 Å². The number of ether oxygens (including phenoxy) is 1. The van der Waals surface area contributed by atoms with Crippen LogP contribution in [-0.4, -0.2) is 65.9 Å². The lowest BCUT2D eigenvalue weighted by molar-refractivity contribution is -0.133. The Morgan fingerprint density at radius 2 is 1.84 bits per heavy atom. The number of fused-ring (bicyclic) bond motifs is 1. The van der Waals surface area contributed by atoms with Gasteiger partial charge in [0.15, 0.2) is 5.13 Å². The summed E-state index contributed by atoms with van der Waals surface area (Å²) in [6.45, 7) is 2.53. The van der Waals surface area contributed by atoms with E-state index >= 15 is 0 Å². The molecule has 1 aliphatic rings. The molecule has 0 saturated carbocycles. The molecule has 0 atom stereocenters. The van der Waals surface area contributed by atoms with Gasteiger partial charge in [-0.2, -0.15) is 0 Å². The van der Waals surface area contributed by atoms with Crippen molar-refractivity contribution in [2.24, 2.45) is 0 Å². The van der Waals surface area contributed by atoms with Crippen molar-refractivity contribution < 1.29 is 19.1 Å². The normalized spacial score (nSPS) is 13.8.